The Morgan fingerprint density at radius 3 is 2.64 bits per heavy atom. The molecule has 0 aromatic rings. The van der Waals surface area contributed by atoms with Gasteiger partial charge < -0.3 is 15.3 Å². The van der Waals surface area contributed by atoms with Crippen molar-refractivity contribution in [1.82, 2.24) is 0 Å². The summed E-state index contributed by atoms with van der Waals surface area (Å²) in [5.74, 6) is -2.09. The molecule has 4 rings (SSSR count). The Labute approximate surface area is 164 Å². The number of carbonyl (C=O) groups is 2. The molecule has 2 fully saturated rings. The van der Waals surface area contributed by atoms with Gasteiger partial charge in [-0.3, -0.25) is 9.59 Å². The first-order valence-corrected chi connectivity index (χ1v) is 10.1. The van der Waals surface area contributed by atoms with Gasteiger partial charge in [-0.15, -0.1) is 0 Å². The van der Waals surface area contributed by atoms with E-state index in [9.17, 15) is 24.9 Å². The van der Waals surface area contributed by atoms with Crippen molar-refractivity contribution in [1.29, 1.82) is 0 Å². The van der Waals surface area contributed by atoms with Crippen LogP contribution in [0, 0.1) is 28.6 Å². The number of aliphatic hydroxyl groups is 3. The van der Waals surface area contributed by atoms with E-state index in [1.54, 1.807) is 26.8 Å². The van der Waals surface area contributed by atoms with Crippen molar-refractivity contribution in [2.75, 3.05) is 6.61 Å². The molecule has 0 aromatic carbocycles. The van der Waals surface area contributed by atoms with Crippen molar-refractivity contribution in [3.63, 3.8) is 0 Å². The number of rotatable bonds is 2. The van der Waals surface area contributed by atoms with Gasteiger partial charge in [0.15, 0.2) is 17.2 Å². The third-order valence-electron chi connectivity index (χ3n) is 8.75. The quantitative estimate of drug-likeness (QED) is 0.624. The normalized spacial score (nSPS) is 52.5. The lowest BCUT2D eigenvalue weighted by Crippen LogP contribution is -2.69. The van der Waals surface area contributed by atoms with E-state index in [1.165, 1.54) is 6.08 Å². The van der Waals surface area contributed by atoms with Gasteiger partial charge in [-0.2, -0.15) is 0 Å². The van der Waals surface area contributed by atoms with E-state index in [4.69, 9.17) is 0 Å². The fraction of sp³-hybridized carbons (Fsp3) is 0.727. The summed E-state index contributed by atoms with van der Waals surface area (Å²) in [5.41, 5.74) is -5.18. The maximum Gasteiger partial charge on any atom is 0.190 e. The van der Waals surface area contributed by atoms with Crippen LogP contribution < -0.4 is 0 Å². The summed E-state index contributed by atoms with van der Waals surface area (Å²) < 4.78 is 16.9. The van der Waals surface area contributed by atoms with Crippen molar-refractivity contribution in [3.05, 3.63) is 23.8 Å². The Morgan fingerprint density at radius 2 is 2.00 bits per heavy atom. The van der Waals surface area contributed by atoms with Crippen LogP contribution in [0.4, 0.5) is 4.39 Å². The minimum atomic E-state index is -1.98. The summed E-state index contributed by atoms with van der Waals surface area (Å²) in [6, 6.07) is 0. The van der Waals surface area contributed by atoms with Crippen molar-refractivity contribution in [2.45, 2.75) is 63.8 Å². The summed E-state index contributed by atoms with van der Waals surface area (Å²) in [4.78, 5) is 24.4. The Morgan fingerprint density at radius 1 is 1.32 bits per heavy atom. The summed E-state index contributed by atoms with van der Waals surface area (Å²) in [6.07, 6.45) is 4.41. The summed E-state index contributed by atoms with van der Waals surface area (Å²) in [6.45, 7) is 4.47. The number of Topliss-reactive ketones (excluding diaryl/α,β-unsaturated/α-hetero) is 1. The molecule has 5 nitrogen and oxygen atoms in total. The summed E-state index contributed by atoms with van der Waals surface area (Å²) >= 11 is 0. The van der Waals surface area contributed by atoms with Crippen molar-refractivity contribution in [3.8, 4) is 0 Å². The maximum atomic E-state index is 16.9. The molecular weight excluding hydrogens is 363 g/mol. The zero-order chi connectivity index (χ0) is 20.7. The van der Waals surface area contributed by atoms with E-state index in [0.717, 1.165) is 0 Å². The van der Waals surface area contributed by atoms with Gasteiger partial charge in [0.2, 0.25) is 0 Å². The van der Waals surface area contributed by atoms with E-state index in [-0.39, 0.29) is 24.5 Å². The van der Waals surface area contributed by atoms with Crippen molar-refractivity contribution < 1.29 is 29.3 Å². The molecule has 0 radical (unpaired) electrons. The Balaban J connectivity index is 1.85. The molecule has 6 unspecified atom stereocenters. The average Bonchev–Trinajstić information content (AvgIpc) is 2.84. The number of carbonyl (C=O) groups excluding carboxylic acids is 2. The molecule has 28 heavy (non-hydrogen) atoms. The smallest absolute Gasteiger partial charge is 0.190 e. The SMILES string of the molecule is C[C@@H]1CC2C3CC=C4CC(=O)C=CC4(C)C3(F)[C@@H](O)CC2(C)C1(O)C(=O)CO. The largest absolute Gasteiger partial charge is 0.390 e. The number of halogens is 1. The Kier molecular flexibility index (Phi) is 4.15. The molecule has 0 amide bonds. The standard InChI is InChI=1S/C22H29FO5/c1-12-8-16-15-5-4-13-9-14(25)6-7-19(13,2)21(15,23)17(26)10-20(16,3)22(12,28)18(27)11-24/h4,6-7,12,15-17,24,26,28H,5,8-11H2,1-3H3/t12-,15?,16?,17+,19?,20?,21?,22?/m1/s1. The third kappa shape index (κ3) is 2.01. The highest BCUT2D eigenvalue weighted by Gasteiger charge is 2.75. The number of aliphatic hydroxyl groups excluding tert-OH is 2. The molecule has 154 valence electrons. The van der Waals surface area contributed by atoms with Gasteiger partial charge >= 0.3 is 0 Å². The lowest BCUT2D eigenvalue weighted by Gasteiger charge is -2.62. The lowest BCUT2D eigenvalue weighted by molar-refractivity contribution is -0.215. The summed E-state index contributed by atoms with van der Waals surface area (Å²) in [5, 5.41) is 32.0. The first-order valence-electron chi connectivity index (χ1n) is 10.1. The molecule has 0 bridgehead atoms. The number of allylic oxidation sites excluding steroid dienone is 4. The lowest BCUT2D eigenvalue weighted by atomic mass is 9.45. The number of alkyl halides is 1. The van der Waals surface area contributed by atoms with E-state index >= 15 is 4.39 Å². The molecule has 4 aliphatic carbocycles. The monoisotopic (exact) mass is 392 g/mol. The Hall–Kier alpha value is -1.37. The highest BCUT2D eigenvalue weighted by molar-refractivity contribution is 5.93. The van der Waals surface area contributed by atoms with Gasteiger partial charge in [-0.25, -0.2) is 4.39 Å². The van der Waals surface area contributed by atoms with E-state index < -0.39 is 52.4 Å². The second-order valence-corrected chi connectivity index (χ2v) is 9.75. The number of fused-ring (bicyclic) bond motifs is 5. The predicted octanol–water partition coefficient (Wildman–Crippen LogP) is 1.90. The van der Waals surface area contributed by atoms with E-state index in [2.05, 4.69) is 0 Å². The summed E-state index contributed by atoms with van der Waals surface area (Å²) in [7, 11) is 0. The van der Waals surface area contributed by atoms with Gasteiger partial charge in [0, 0.05) is 23.2 Å². The van der Waals surface area contributed by atoms with Crippen LogP contribution in [0.2, 0.25) is 0 Å². The van der Waals surface area contributed by atoms with Crippen molar-refractivity contribution >= 4 is 11.6 Å². The van der Waals surface area contributed by atoms with Gasteiger partial charge in [0.05, 0.1) is 6.10 Å². The minimum absolute atomic E-state index is 0.0676. The van der Waals surface area contributed by atoms with Crippen LogP contribution in [0.1, 0.15) is 46.5 Å². The molecule has 4 aliphatic rings. The molecule has 0 spiro atoms. The predicted molar refractivity (Wildman–Crippen MR) is 99.9 cm³/mol. The average molecular weight is 392 g/mol. The molecule has 0 aliphatic heterocycles. The van der Waals surface area contributed by atoms with Crippen LogP contribution in [-0.2, 0) is 9.59 Å². The fourth-order valence-corrected chi connectivity index (χ4v) is 7.17. The van der Waals surface area contributed by atoms with Gasteiger partial charge in [0.25, 0.3) is 0 Å². The second-order valence-electron chi connectivity index (χ2n) is 9.75. The van der Waals surface area contributed by atoms with Crippen LogP contribution in [-0.4, -0.2) is 50.9 Å². The minimum Gasteiger partial charge on any atom is -0.390 e. The maximum absolute atomic E-state index is 16.9. The highest BCUT2D eigenvalue weighted by Crippen LogP contribution is 2.70. The van der Waals surface area contributed by atoms with Crippen LogP contribution in [0.3, 0.4) is 0 Å². The first-order chi connectivity index (χ1) is 13.0. The van der Waals surface area contributed by atoms with Crippen LogP contribution in [0.15, 0.2) is 23.8 Å². The molecule has 8 atom stereocenters. The van der Waals surface area contributed by atoms with Crippen LogP contribution in [0.25, 0.3) is 0 Å². The third-order valence-corrected chi connectivity index (χ3v) is 8.75. The van der Waals surface area contributed by atoms with E-state index in [1.807, 2.05) is 6.08 Å². The molecule has 0 aromatic heterocycles. The molecule has 0 heterocycles. The topological polar surface area (TPSA) is 94.8 Å². The first kappa shape index (κ1) is 19.9. The second kappa shape index (κ2) is 5.83. The molecule has 3 N–H and O–H groups in total. The van der Waals surface area contributed by atoms with Crippen LogP contribution >= 0.6 is 0 Å². The number of hydrogen-bond acceptors (Lipinski definition) is 5. The number of hydrogen-bond donors (Lipinski definition) is 3. The van der Waals surface area contributed by atoms with Gasteiger partial charge in [-0.1, -0.05) is 31.6 Å². The number of ketones is 2. The molecular formula is C22H29FO5. The molecule has 2 saturated carbocycles. The fourth-order valence-electron chi connectivity index (χ4n) is 7.17. The van der Waals surface area contributed by atoms with Crippen molar-refractivity contribution in [2.24, 2.45) is 28.6 Å². The molecule has 0 saturated heterocycles. The zero-order valence-electron chi connectivity index (χ0n) is 16.6. The van der Waals surface area contributed by atoms with E-state index in [0.29, 0.717) is 18.4 Å². The molecule has 6 heteroatoms. The van der Waals surface area contributed by atoms with Crippen LogP contribution in [0.5, 0.6) is 0 Å². The zero-order valence-corrected chi connectivity index (χ0v) is 16.6. The highest BCUT2D eigenvalue weighted by atomic mass is 19.1. The van der Waals surface area contributed by atoms with Gasteiger partial charge in [-0.05, 0) is 44.1 Å². The Bertz CT molecular complexity index is 805. The van der Waals surface area contributed by atoms with Gasteiger partial charge in [0.1, 0.15) is 12.2 Å².